The summed E-state index contributed by atoms with van der Waals surface area (Å²) >= 11 is 0. The summed E-state index contributed by atoms with van der Waals surface area (Å²) in [6, 6.07) is 2.36. The summed E-state index contributed by atoms with van der Waals surface area (Å²) in [6.07, 6.45) is 1.30. The van der Waals surface area contributed by atoms with E-state index in [0.29, 0.717) is 19.5 Å². The van der Waals surface area contributed by atoms with Crippen LogP contribution in [0, 0.1) is 5.92 Å². The summed E-state index contributed by atoms with van der Waals surface area (Å²) in [7, 11) is -3.72. The molecule has 2 rings (SSSR count). The normalized spacial score (nSPS) is 21.9. The van der Waals surface area contributed by atoms with E-state index in [4.69, 9.17) is 9.15 Å². The van der Waals surface area contributed by atoms with E-state index in [0.717, 1.165) is 6.42 Å². The van der Waals surface area contributed by atoms with Gasteiger partial charge in [-0.05, 0) is 25.5 Å². The number of hydrogen-bond donors (Lipinski definition) is 1. The summed E-state index contributed by atoms with van der Waals surface area (Å²) in [6.45, 7) is 3.01. The van der Waals surface area contributed by atoms with E-state index in [1.807, 2.05) is 0 Å². The van der Waals surface area contributed by atoms with E-state index in [2.05, 4.69) is 4.72 Å². The lowest BCUT2D eigenvalue weighted by atomic mass is 10.0. The predicted molar refractivity (Wildman–Crippen MR) is 62.8 cm³/mol. The third kappa shape index (κ3) is 2.80. The fourth-order valence-corrected chi connectivity index (χ4v) is 3.14. The smallest absolute Gasteiger partial charge is 0.274 e. The van der Waals surface area contributed by atoms with Crippen molar-refractivity contribution in [3.63, 3.8) is 0 Å². The molecule has 0 bridgehead atoms. The molecule has 0 spiro atoms. The summed E-state index contributed by atoms with van der Waals surface area (Å²) in [5.41, 5.74) is 0. The van der Waals surface area contributed by atoms with Crippen molar-refractivity contribution in [1.29, 1.82) is 0 Å². The van der Waals surface area contributed by atoms with Gasteiger partial charge in [0.25, 0.3) is 10.0 Å². The first-order valence-corrected chi connectivity index (χ1v) is 7.16. The zero-order valence-electron chi connectivity index (χ0n) is 9.96. The summed E-state index contributed by atoms with van der Waals surface area (Å²) in [4.78, 5) is 10.5. The van der Waals surface area contributed by atoms with Gasteiger partial charge in [0.2, 0.25) is 5.09 Å². The van der Waals surface area contributed by atoms with Gasteiger partial charge in [-0.25, -0.2) is 13.1 Å². The molecule has 0 amide bonds. The van der Waals surface area contributed by atoms with Crippen LogP contribution in [0.5, 0.6) is 0 Å². The lowest BCUT2D eigenvalue weighted by molar-refractivity contribution is 0.109. The van der Waals surface area contributed by atoms with Crippen molar-refractivity contribution in [2.75, 3.05) is 13.2 Å². The van der Waals surface area contributed by atoms with Gasteiger partial charge >= 0.3 is 0 Å². The van der Waals surface area contributed by atoms with Crippen LogP contribution in [0.2, 0.25) is 0 Å². The Morgan fingerprint density at radius 2 is 2.28 bits per heavy atom. The van der Waals surface area contributed by atoms with E-state index >= 15 is 0 Å². The first kappa shape index (κ1) is 13.3. The number of furan rings is 1. The quantitative estimate of drug-likeness (QED) is 0.802. The minimum atomic E-state index is -3.72. The van der Waals surface area contributed by atoms with E-state index in [9.17, 15) is 13.2 Å². The van der Waals surface area contributed by atoms with Gasteiger partial charge in [-0.2, -0.15) is 0 Å². The molecule has 0 aromatic carbocycles. The van der Waals surface area contributed by atoms with E-state index < -0.39 is 10.0 Å². The van der Waals surface area contributed by atoms with Crippen molar-refractivity contribution in [2.45, 2.75) is 24.5 Å². The van der Waals surface area contributed by atoms with Gasteiger partial charge in [0.05, 0.1) is 6.61 Å². The third-order valence-electron chi connectivity index (χ3n) is 3.00. The largest absolute Gasteiger partial charge is 0.440 e. The van der Waals surface area contributed by atoms with Crippen molar-refractivity contribution in [3.8, 4) is 0 Å². The fraction of sp³-hybridized carbons (Fsp3) is 0.545. The molecule has 2 unspecified atom stereocenters. The van der Waals surface area contributed by atoms with Crippen molar-refractivity contribution < 1.29 is 22.4 Å². The van der Waals surface area contributed by atoms with Crippen LogP contribution >= 0.6 is 0 Å². The topological polar surface area (TPSA) is 85.6 Å². The Labute approximate surface area is 105 Å². The molecule has 2 heterocycles. The number of aldehydes is 1. The highest BCUT2D eigenvalue weighted by Crippen LogP contribution is 2.19. The summed E-state index contributed by atoms with van der Waals surface area (Å²) in [5, 5.41) is -0.240. The Balaban J connectivity index is 2.08. The number of ether oxygens (including phenoxy) is 1. The van der Waals surface area contributed by atoms with Gasteiger partial charge in [-0.15, -0.1) is 0 Å². The predicted octanol–water partition coefficient (Wildman–Crippen LogP) is 0.795. The molecule has 18 heavy (non-hydrogen) atoms. The maximum Gasteiger partial charge on any atom is 0.274 e. The van der Waals surface area contributed by atoms with Crippen LogP contribution in [0.3, 0.4) is 0 Å². The number of nitrogens with one attached hydrogen (secondary N) is 1. The number of carbonyl (C=O) groups is 1. The van der Waals surface area contributed by atoms with E-state index in [1.165, 1.54) is 12.1 Å². The van der Waals surface area contributed by atoms with E-state index in [-0.39, 0.29) is 22.8 Å². The molecule has 0 aliphatic carbocycles. The van der Waals surface area contributed by atoms with Gasteiger partial charge in [-0.1, -0.05) is 0 Å². The molecular formula is C11H15NO5S. The molecule has 100 valence electrons. The lowest BCUT2D eigenvalue weighted by Gasteiger charge is -2.18. The monoisotopic (exact) mass is 273 g/mol. The average molecular weight is 273 g/mol. The van der Waals surface area contributed by atoms with Gasteiger partial charge in [0.1, 0.15) is 0 Å². The van der Waals surface area contributed by atoms with Crippen molar-refractivity contribution in [1.82, 2.24) is 4.72 Å². The molecule has 0 saturated carbocycles. The molecule has 2 atom stereocenters. The molecule has 6 nitrogen and oxygen atoms in total. The molecule has 1 fully saturated rings. The van der Waals surface area contributed by atoms with Crippen LogP contribution in [-0.2, 0) is 14.8 Å². The first-order chi connectivity index (χ1) is 8.53. The third-order valence-corrected chi connectivity index (χ3v) is 4.43. The van der Waals surface area contributed by atoms with Crippen LogP contribution in [-0.4, -0.2) is 34.0 Å². The van der Waals surface area contributed by atoms with Crippen molar-refractivity contribution in [3.05, 3.63) is 17.9 Å². The van der Waals surface area contributed by atoms with E-state index in [1.54, 1.807) is 6.92 Å². The maximum absolute atomic E-state index is 12.0. The Kier molecular flexibility index (Phi) is 3.84. The van der Waals surface area contributed by atoms with Gasteiger partial charge in [-0.3, -0.25) is 4.79 Å². The molecule has 1 aromatic heterocycles. The molecule has 1 aliphatic heterocycles. The Bertz CT molecular complexity index is 515. The molecule has 1 aromatic rings. The van der Waals surface area contributed by atoms with Gasteiger partial charge in [0, 0.05) is 18.6 Å². The zero-order chi connectivity index (χ0) is 13.2. The second kappa shape index (κ2) is 5.21. The Morgan fingerprint density at radius 3 is 2.83 bits per heavy atom. The average Bonchev–Trinajstić information content (AvgIpc) is 3.00. The van der Waals surface area contributed by atoms with Crippen molar-refractivity contribution in [2.24, 2.45) is 5.92 Å². The summed E-state index contributed by atoms with van der Waals surface area (Å²) < 4.78 is 36.6. The fourth-order valence-electron chi connectivity index (χ4n) is 1.89. The molecule has 0 radical (unpaired) electrons. The van der Waals surface area contributed by atoms with Gasteiger partial charge in [0.15, 0.2) is 12.0 Å². The van der Waals surface area contributed by atoms with Crippen LogP contribution in [0.4, 0.5) is 0 Å². The van der Waals surface area contributed by atoms with Crippen molar-refractivity contribution >= 4 is 16.3 Å². The lowest BCUT2D eigenvalue weighted by Crippen LogP contribution is -2.38. The zero-order valence-corrected chi connectivity index (χ0v) is 10.8. The Hall–Kier alpha value is -1.18. The number of carbonyl (C=O) groups excluding carboxylic acids is 1. The number of rotatable bonds is 5. The minimum absolute atomic E-state index is 0.00720. The number of hydrogen-bond acceptors (Lipinski definition) is 5. The SMILES string of the molecule is CC(NS(=O)(=O)c1ccc(C=O)o1)C1CCOC1. The first-order valence-electron chi connectivity index (χ1n) is 5.68. The standard InChI is InChI=1S/C11H15NO5S/c1-8(9-4-5-16-7-9)12-18(14,15)11-3-2-10(6-13)17-11/h2-3,6,8-9,12H,4-5,7H2,1H3. The molecule has 1 N–H and O–H groups in total. The van der Waals surface area contributed by atoms with Crippen LogP contribution in [0.15, 0.2) is 21.6 Å². The number of sulfonamides is 1. The maximum atomic E-state index is 12.0. The van der Waals surface area contributed by atoms with Crippen LogP contribution in [0.1, 0.15) is 23.9 Å². The van der Waals surface area contributed by atoms with Crippen LogP contribution < -0.4 is 4.72 Å². The second-order valence-corrected chi connectivity index (χ2v) is 5.95. The highest BCUT2D eigenvalue weighted by molar-refractivity contribution is 7.89. The van der Waals surface area contributed by atoms with Gasteiger partial charge < -0.3 is 9.15 Å². The minimum Gasteiger partial charge on any atom is -0.440 e. The molecule has 7 heteroatoms. The van der Waals surface area contributed by atoms with Crippen LogP contribution in [0.25, 0.3) is 0 Å². The highest BCUT2D eigenvalue weighted by Gasteiger charge is 2.28. The highest BCUT2D eigenvalue weighted by atomic mass is 32.2. The molecular weight excluding hydrogens is 258 g/mol. The summed E-state index contributed by atoms with van der Waals surface area (Å²) in [5.74, 6) is 0.160. The second-order valence-electron chi connectivity index (χ2n) is 4.31. The molecule has 1 aliphatic rings. The molecule has 1 saturated heterocycles. The Morgan fingerprint density at radius 1 is 1.50 bits per heavy atom.